The van der Waals surface area contributed by atoms with Gasteiger partial charge in [-0.05, 0) is 30.6 Å². The van der Waals surface area contributed by atoms with E-state index < -0.39 is 0 Å². The minimum absolute atomic E-state index is 0.424. The highest BCUT2D eigenvalue weighted by atomic mass is 15.2. The zero-order valence-corrected chi connectivity index (χ0v) is 9.74. The maximum Gasteiger partial charge on any atom is 0.0206 e. The molecule has 0 bridgehead atoms. The Morgan fingerprint density at radius 1 is 1.21 bits per heavy atom. The lowest BCUT2D eigenvalue weighted by atomic mass is 9.73. The highest BCUT2D eigenvalue weighted by molar-refractivity contribution is 4.94. The molecule has 2 atom stereocenters. The van der Waals surface area contributed by atoms with Gasteiger partial charge in [0.1, 0.15) is 0 Å². The minimum atomic E-state index is 0.424. The highest BCUT2D eigenvalue weighted by Crippen LogP contribution is 2.38. The average molecular weight is 196 g/mol. The van der Waals surface area contributed by atoms with E-state index in [-0.39, 0.29) is 0 Å². The number of hydrogen-bond donors (Lipinski definition) is 1. The minimum Gasteiger partial charge on any atom is -0.326 e. The highest BCUT2D eigenvalue weighted by Gasteiger charge is 2.39. The molecule has 82 valence electrons. The summed E-state index contributed by atoms with van der Waals surface area (Å²) in [6, 6.07) is 1.28. The van der Waals surface area contributed by atoms with Crippen LogP contribution < -0.4 is 5.73 Å². The van der Waals surface area contributed by atoms with Crippen molar-refractivity contribution in [1.29, 1.82) is 0 Å². The second-order valence-electron chi connectivity index (χ2n) is 5.72. The van der Waals surface area contributed by atoms with E-state index in [1.807, 2.05) is 0 Å². The smallest absolute Gasteiger partial charge is 0.0206 e. The molecule has 2 nitrogen and oxygen atoms in total. The first-order valence-corrected chi connectivity index (χ1v) is 6.07. The van der Waals surface area contributed by atoms with Crippen molar-refractivity contribution in [2.24, 2.45) is 23.5 Å². The van der Waals surface area contributed by atoms with Crippen LogP contribution in [0.2, 0.25) is 0 Å². The van der Waals surface area contributed by atoms with Crippen LogP contribution in [0.25, 0.3) is 0 Å². The molecule has 0 amide bonds. The molecule has 2 aliphatic rings. The molecule has 0 spiro atoms. The van der Waals surface area contributed by atoms with Gasteiger partial charge in [0, 0.05) is 25.2 Å². The van der Waals surface area contributed by atoms with Crippen LogP contribution in [-0.4, -0.2) is 30.1 Å². The van der Waals surface area contributed by atoms with Gasteiger partial charge >= 0.3 is 0 Å². The summed E-state index contributed by atoms with van der Waals surface area (Å²) in [5.41, 5.74) is 6.04. The molecule has 1 aliphatic carbocycles. The van der Waals surface area contributed by atoms with Crippen LogP contribution in [0.3, 0.4) is 0 Å². The summed E-state index contributed by atoms with van der Waals surface area (Å²) in [5.74, 6) is 2.56. The van der Waals surface area contributed by atoms with Gasteiger partial charge in [-0.25, -0.2) is 0 Å². The Bertz CT molecular complexity index is 186. The van der Waals surface area contributed by atoms with Crippen LogP contribution in [0.4, 0.5) is 0 Å². The van der Waals surface area contributed by atoms with Crippen molar-refractivity contribution >= 4 is 0 Å². The van der Waals surface area contributed by atoms with Crippen molar-refractivity contribution in [1.82, 2.24) is 4.90 Å². The van der Waals surface area contributed by atoms with Gasteiger partial charge in [0.05, 0.1) is 0 Å². The summed E-state index contributed by atoms with van der Waals surface area (Å²) in [6.45, 7) is 9.34. The predicted molar refractivity (Wildman–Crippen MR) is 60.1 cm³/mol. The van der Waals surface area contributed by atoms with Crippen LogP contribution in [0.1, 0.15) is 33.6 Å². The first-order chi connectivity index (χ1) is 6.58. The molecule has 1 heterocycles. The van der Waals surface area contributed by atoms with Crippen LogP contribution in [0.5, 0.6) is 0 Å². The van der Waals surface area contributed by atoms with E-state index in [0.29, 0.717) is 12.0 Å². The maximum atomic E-state index is 6.04. The Kier molecular flexibility index (Phi) is 2.85. The number of nitrogens with two attached hydrogens (primary N) is 1. The lowest BCUT2D eigenvalue weighted by Crippen LogP contribution is -2.45. The van der Waals surface area contributed by atoms with Crippen LogP contribution in [-0.2, 0) is 0 Å². The molecule has 0 aromatic heterocycles. The monoisotopic (exact) mass is 196 g/mol. The van der Waals surface area contributed by atoms with E-state index in [9.17, 15) is 0 Å². The second kappa shape index (κ2) is 3.82. The summed E-state index contributed by atoms with van der Waals surface area (Å²) in [7, 11) is 0. The van der Waals surface area contributed by atoms with Crippen molar-refractivity contribution in [3.05, 3.63) is 0 Å². The van der Waals surface area contributed by atoms with E-state index >= 15 is 0 Å². The SMILES string of the molecule is CC(C)C1CC(N2CC(C)C(N)C2)C1. The van der Waals surface area contributed by atoms with Gasteiger partial charge in [0.15, 0.2) is 0 Å². The third kappa shape index (κ3) is 1.82. The maximum absolute atomic E-state index is 6.04. The van der Waals surface area contributed by atoms with Gasteiger partial charge in [-0.1, -0.05) is 20.8 Å². The zero-order valence-electron chi connectivity index (χ0n) is 9.74. The standard InChI is InChI=1S/C12H24N2/c1-8(2)10-4-11(5-10)14-6-9(3)12(13)7-14/h8-12H,4-7,13H2,1-3H3. The van der Waals surface area contributed by atoms with Crippen molar-refractivity contribution in [3.8, 4) is 0 Å². The van der Waals surface area contributed by atoms with Gasteiger partial charge in [-0.2, -0.15) is 0 Å². The van der Waals surface area contributed by atoms with E-state index in [2.05, 4.69) is 25.7 Å². The largest absolute Gasteiger partial charge is 0.326 e. The van der Waals surface area contributed by atoms with Crippen LogP contribution in [0.15, 0.2) is 0 Å². The third-order valence-corrected chi connectivity index (χ3v) is 4.31. The molecule has 1 aliphatic heterocycles. The number of hydrogen-bond acceptors (Lipinski definition) is 2. The van der Waals surface area contributed by atoms with Gasteiger partial charge < -0.3 is 5.73 Å². The van der Waals surface area contributed by atoms with Crippen LogP contribution in [0, 0.1) is 17.8 Å². The lowest BCUT2D eigenvalue weighted by Gasteiger charge is -2.43. The zero-order chi connectivity index (χ0) is 10.3. The molecule has 2 unspecified atom stereocenters. The Labute approximate surface area is 87.8 Å². The summed E-state index contributed by atoms with van der Waals surface area (Å²) in [6.07, 6.45) is 2.83. The van der Waals surface area contributed by atoms with Crippen molar-refractivity contribution < 1.29 is 0 Å². The molecule has 14 heavy (non-hydrogen) atoms. The Morgan fingerprint density at radius 3 is 2.29 bits per heavy atom. The molecular formula is C12H24N2. The fourth-order valence-corrected chi connectivity index (χ4v) is 2.80. The summed E-state index contributed by atoms with van der Waals surface area (Å²) < 4.78 is 0. The van der Waals surface area contributed by atoms with Crippen molar-refractivity contribution in [2.75, 3.05) is 13.1 Å². The molecule has 1 saturated carbocycles. The van der Waals surface area contributed by atoms with Crippen molar-refractivity contribution in [2.45, 2.75) is 45.7 Å². The first-order valence-electron chi connectivity index (χ1n) is 6.07. The van der Waals surface area contributed by atoms with Crippen molar-refractivity contribution in [3.63, 3.8) is 0 Å². The molecule has 2 fully saturated rings. The number of nitrogens with zero attached hydrogens (tertiary/aromatic N) is 1. The molecule has 1 saturated heterocycles. The Balaban J connectivity index is 1.78. The summed E-state index contributed by atoms with van der Waals surface area (Å²) in [4.78, 5) is 2.62. The molecule has 2 heteroatoms. The normalized spacial score (nSPS) is 44.4. The van der Waals surface area contributed by atoms with Gasteiger partial charge in [0.25, 0.3) is 0 Å². The summed E-state index contributed by atoms with van der Waals surface area (Å²) in [5, 5.41) is 0. The topological polar surface area (TPSA) is 29.3 Å². The third-order valence-electron chi connectivity index (χ3n) is 4.31. The molecule has 2 N–H and O–H groups in total. The average Bonchev–Trinajstić information content (AvgIpc) is 2.27. The van der Waals surface area contributed by atoms with Gasteiger partial charge in [-0.3, -0.25) is 4.90 Å². The van der Waals surface area contributed by atoms with Crippen LogP contribution >= 0.6 is 0 Å². The summed E-state index contributed by atoms with van der Waals surface area (Å²) >= 11 is 0. The number of rotatable bonds is 2. The van der Waals surface area contributed by atoms with E-state index in [4.69, 9.17) is 5.73 Å². The fourth-order valence-electron chi connectivity index (χ4n) is 2.80. The molecule has 0 aromatic rings. The predicted octanol–water partition coefficient (Wildman–Crippen LogP) is 1.70. The second-order valence-corrected chi connectivity index (χ2v) is 5.72. The van der Waals surface area contributed by atoms with Gasteiger partial charge in [-0.15, -0.1) is 0 Å². The Morgan fingerprint density at radius 2 is 1.86 bits per heavy atom. The molecule has 2 rings (SSSR count). The Hall–Kier alpha value is -0.0800. The molecular weight excluding hydrogens is 172 g/mol. The van der Waals surface area contributed by atoms with Gasteiger partial charge in [0.2, 0.25) is 0 Å². The molecule has 0 radical (unpaired) electrons. The van der Waals surface area contributed by atoms with E-state index in [1.54, 1.807) is 0 Å². The van der Waals surface area contributed by atoms with E-state index in [1.165, 1.54) is 19.4 Å². The molecule has 0 aromatic carbocycles. The number of likely N-dealkylation sites (tertiary alicyclic amines) is 1. The fraction of sp³-hybridized carbons (Fsp3) is 1.00. The van der Waals surface area contributed by atoms with E-state index in [0.717, 1.165) is 24.4 Å². The lowest BCUT2D eigenvalue weighted by molar-refractivity contribution is 0.0703. The first kappa shape index (κ1) is 10.4. The quantitative estimate of drug-likeness (QED) is 0.728.